The number of amides is 1. The highest BCUT2D eigenvalue weighted by Crippen LogP contribution is 2.34. The van der Waals surface area contributed by atoms with E-state index in [1.54, 1.807) is 24.9 Å². The molecule has 0 radical (unpaired) electrons. The van der Waals surface area contributed by atoms with Crippen LogP contribution in [-0.4, -0.2) is 66.5 Å². The number of halogens is 1. The van der Waals surface area contributed by atoms with Crippen molar-refractivity contribution in [2.75, 3.05) is 38.8 Å². The van der Waals surface area contributed by atoms with Gasteiger partial charge in [0.05, 0.1) is 12.1 Å². The summed E-state index contributed by atoms with van der Waals surface area (Å²) in [5, 5.41) is 6.18. The quantitative estimate of drug-likeness (QED) is 0.438. The molecule has 1 aliphatic rings. The van der Waals surface area contributed by atoms with Crippen LogP contribution in [0.2, 0.25) is 5.02 Å². The zero-order chi connectivity index (χ0) is 26.4. The Kier molecular flexibility index (Phi) is 10.0. The molecule has 1 fully saturated rings. The minimum absolute atomic E-state index is 0.168. The molecule has 1 heterocycles. The highest BCUT2D eigenvalue weighted by Gasteiger charge is 2.29. The second-order valence-corrected chi connectivity index (χ2v) is 10.4. The lowest BCUT2D eigenvalue weighted by atomic mass is 9.88. The Hall–Kier alpha value is -2.29. The number of aromatic amines is 1. The van der Waals surface area contributed by atoms with Gasteiger partial charge in [-0.05, 0) is 77.6 Å². The SMILES string of the molecule is CCN(c1cc(Cl)cc(C(=O)NCc2c(C)n(C)[nH]c2=O)c1C)C1CCC(N(C)CCCOC)CC1. The molecule has 9 heteroatoms. The molecule has 2 N–H and O–H groups in total. The van der Waals surface area contributed by atoms with Gasteiger partial charge in [-0.1, -0.05) is 11.6 Å². The number of benzene rings is 1. The molecule has 0 bridgehead atoms. The summed E-state index contributed by atoms with van der Waals surface area (Å²) in [6, 6.07) is 4.71. The second kappa shape index (κ2) is 12.8. The molecule has 200 valence electrons. The summed E-state index contributed by atoms with van der Waals surface area (Å²) in [4.78, 5) is 30.2. The lowest BCUT2D eigenvalue weighted by molar-refractivity contribution is 0.0950. The molecule has 36 heavy (non-hydrogen) atoms. The fourth-order valence-electron chi connectivity index (χ4n) is 5.42. The summed E-state index contributed by atoms with van der Waals surface area (Å²) in [6.45, 7) is 8.87. The minimum Gasteiger partial charge on any atom is -0.385 e. The molecule has 1 aromatic carbocycles. The second-order valence-electron chi connectivity index (χ2n) is 9.92. The molecule has 0 saturated heterocycles. The third kappa shape index (κ3) is 6.52. The van der Waals surface area contributed by atoms with Crippen LogP contribution in [0.1, 0.15) is 66.2 Å². The number of carbonyl (C=O) groups excluding carboxylic acids is 1. The van der Waals surface area contributed by atoms with E-state index in [9.17, 15) is 9.59 Å². The standard InChI is InChI=1S/C27H42ClN5O3/c1-7-33(22-11-9-21(10-12-22)31(4)13-8-14-36-6)25-16-20(28)15-23(18(25)2)26(34)29-17-24-19(3)32(5)30-27(24)35/h15-16,21-22H,7-14,17H2,1-6H3,(H,29,34)(H,30,35). The van der Waals surface area contributed by atoms with E-state index in [-0.39, 0.29) is 18.0 Å². The third-order valence-corrected chi connectivity index (χ3v) is 7.96. The van der Waals surface area contributed by atoms with Gasteiger partial charge in [0, 0.05) is 67.9 Å². The molecule has 0 atom stereocenters. The summed E-state index contributed by atoms with van der Waals surface area (Å²) in [6.07, 6.45) is 5.58. The van der Waals surface area contributed by atoms with Gasteiger partial charge in [0.15, 0.2) is 0 Å². The predicted molar refractivity (Wildman–Crippen MR) is 146 cm³/mol. The van der Waals surface area contributed by atoms with Crippen LogP contribution < -0.4 is 15.8 Å². The van der Waals surface area contributed by atoms with E-state index in [1.807, 2.05) is 19.9 Å². The number of hydrogen-bond acceptors (Lipinski definition) is 5. The van der Waals surface area contributed by atoms with Crippen LogP contribution in [0.4, 0.5) is 5.69 Å². The first-order chi connectivity index (χ1) is 17.2. The van der Waals surface area contributed by atoms with Crippen molar-refractivity contribution in [3.8, 4) is 0 Å². The normalized spacial score (nSPS) is 18.0. The summed E-state index contributed by atoms with van der Waals surface area (Å²) < 4.78 is 6.86. The molecule has 0 aliphatic heterocycles. The Bertz CT molecular complexity index is 1090. The molecule has 0 unspecified atom stereocenters. The minimum atomic E-state index is -0.226. The fourth-order valence-corrected chi connectivity index (χ4v) is 5.63. The van der Waals surface area contributed by atoms with Crippen molar-refractivity contribution in [2.45, 2.75) is 71.5 Å². The third-order valence-electron chi connectivity index (χ3n) is 7.74. The van der Waals surface area contributed by atoms with Crippen molar-refractivity contribution in [2.24, 2.45) is 7.05 Å². The first-order valence-corrected chi connectivity index (χ1v) is 13.3. The van der Waals surface area contributed by atoms with Crippen LogP contribution in [0.15, 0.2) is 16.9 Å². The number of aryl methyl sites for hydroxylation is 1. The van der Waals surface area contributed by atoms with Crippen molar-refractivity contribution in [1.29, 1.82) is 0 Å². The molecule has 1 aromatic heterocycles. The zero-order valence-corrected chi connectivity index (χ0v) is 23.4. The largest absolute Gasteiger partial charge is 0.385 e. The fraction of sp³-hybridized carbons (Fsp3) is 0.630. The number of anilines is 1. The average molecular weight is 520 g/mol. The molecule has 1 amide bonds. The van der Waals surface area contributed by atoms with Crippen molar-refractivity contribution in [3.05, 3.63) is 49.9 Å². The van der Waals surface area contributed by atoms with Crippen LogP contribution in [-0.2, 0) is 18.3 Å². The Morgan fingerprint density at radius 1 is 1.22 bits per heavy atom. The maximum absolute atomic E-state index is 13.2. The molecule has 1 saturated carbocycles. The molecule has 3 rings (SSSR count). The van der Waals surface area contributed by atoms with Gasteiger partial charge < -0.3 is 19.9 Å². The number of nitrogens with zero attached hydrogens (tertiary/aromatic N) is 3. The van der Waals surface area contributed by atoms with Gasteiger partial charge in [-0.25, -0.2) is 0 Å². The number of aromatic nitrogens is 2. The summed E-state index contributed by atoms with van der Waals surface area (Å²) in [5.41, 5.74) is 3.66. The number of H-pyrrole nitrogens is 1. The van der Waals surface area contributed by atoms with E-state index < -0.39 is 0 Å². The molecule has 2 aromatic rings. The first kappa shape index (κ1) is 28.3. The Labute approximate surface area is 219 Å². The van der Waals surface area contributed by atoms with Gasteiger partial charge in [0.1, 0.15) is 0 Å². The van der Waals surface area contributed by atoms with Crippen LogP contribution in [0.5, 0.6) is 0 Å². The van der Waals surface area contributed by atoms with Gasteiger partial charge in [-0.2, -0.15) is 0 Å². The van der Waals surface area contributed by atoms with E-state index in [0.29, 0.717) is 28.2 Å². The average Bonchev–Trinajstić information content (AvgIpc) is 3.10. The van der Waals surface area contributed by atoms with Crippen molar-refractivity contribution < 1.29 is 9.53 Å². The number of ether oxygens (including phenoxy) is 1. The van der Waals surface area contributed by atoms with E-state index in [1.165, 1.54) is 0 Å². The maximum Gasteiger partial charge on any atom is 0.269 e. The lowest BCUT2D eigenvalue weighted by Crippen LogP contribution is -2.43. The van der Waals surface area contributed by atoms with E-state index >= 15 is 0 Å². The van der Waals surface area contributed by atoms with E-state index in [2.05, 4.69) is 34.2 Å². The van der Waals surface area contributed by atoms with Gasteiger partial charge in [0.25, 0.3) is 11.5 Å². The van der Waals surface area contributed by atoms with Crippen LogP contribution >= 0.6 is 11.6 Å². The molecule has 0 spiro atoms. The Balaban J connectivity index is 1.71. The highest BCUT2D eigenvalue weighted by molar-refractivity contribution is 6.31. The number of hydrogen-bond donors (Lipinski definition) is 2. The van der Waals surface area contributed by atoms with Crippen molar-refractivity contribution in [3.63, 3.8) is 0 Å². The number of methoxy groups -OCH3 is 1. The first-order valence-electron chi connectivity index (χ1n) is 13.0. The monoisotopic (exact) mass is 519 g/mol. The van der Waals surface area contributed by atoms with E-state index in [0.717, 1.165) is 68.7 Å². The molecule has 8 nitrogen and oxygen atoms in total. The van der Waals surface area contributed by atoms with Crippen LogP contribution in [0, 0.1) is 13.8 Å². The van der Waals surface area contributed by atoms with Gasteiger partial charge in [-0.3, -0.25) is 19.4 Å². The van der Waals surface area contributed by atoms with E-state index in [4.69, 9.17) is 16.3 Å². The van der Waals surface area contributed by atoms with Crippen LogP contribution in [0.25, 0.3) is 0 Å². The van der Waals surface area contributed by atoms with Gasteiger partial charge >= 0.3 is 0 Å². The maximum atomic E-state index is 13.2. The molecular formula is C27H42ClN5O3. The predicted octanol–water partition coefficient (Wildman–Crippen LogP) is 4.02. The molecule has 1 aliphatic carbocycles. The van der Waals surface area contributed by atoms with Crippen LogP contribution in [0.3, 0.4) is 0 Å². The number of carbonyl (C=O) groups is 1. The smallest absolute Gasteiger partial charge is 0.269 e. The topological polar surface area (TPSA) is 82.6 Å². The van der Waals surface area contributed by atoms with Crippen molar-refractivity contribution in [1.82, 2.24) is 20.0 Å². The molecular weight excluding hydrogens is 478 g/mol. The lowest BCUT2D eigenvalue weighted by Gasteiger charge is -2.41. The summed E-state index contributed by atoms with van der Waals surface area (Å²) in [5.74, 6) is -0.226. The Morgan fingerprint density at radius 2 is 1.89 bits per heavy atom. The Morgan fingerprint density at radius 3 is 2.47 bits per heavy atom. The summed E-state index contributed by atoms with van der Waals surface area (Å²) in [7, 11) is 5.75. The zero-order valence-electron chi connectivity index (χ0n) is 22.6. The number of rotatable bonds is 11. The number of nitrogens with one attached hydrogen (secondary N) is 2. The highest BCUT2D eigenvalue weighted by atomic mass is 35.5. The van der Waals surface area contributed by atoms with Crippen molar-refractivity contribution >= 4 is 23.2 Å². The van der Waals surface area contributed by atoms with Gasteiger partial charge in [-0.15, -0.1) is 0 Å². The van der Waals surface area contributed by atoms with Gasteiger partial charge in [0.2, 0.25) is 0 Å². The summed E-state index contributed by atoms with van der Waals surface area (Å²) >= 11 is 6.52.